The molecule has 0 amide bonds. The fourth-order valence-corrected chi connectivity index (χ4v) is 2.36. The van der Waals surface area contributed by atoms with Crippen LogP contribution in [-0.4, -0.2) is 37.9 Å². The summed E-state index contributed by atoms with van der Waals surface area (Å²) in [5.74, 6) is 1.48. The molecule has 3 heterocycles. The van der Waals surface area contributed by atoms with E-state index in [4.69, 9.17) is 5.73 Å². The molecule has 0 saturated carbocycles. The number of thioether (sulfide) groups is 1. The van der Waals surface area contributed by atoms with Crippen molar-refractivity contribution in [1.82, 2.24) is 19.9 Å². The van der Waals surface area contributed by atoms with Crippen molar-refractivity contribution >= 4 is 17.5 Å². The van der Waals surface area contributed by atoms with E-state index < -0.39 is 0 Å². The smallest absolute Gasteiger partial charge is 0.212 e. The van der Waals surface area contributed by atoms with Crippen LogP contribution < -0.4 is 5.73 Å². The van der Waals surface area contributed by atoms with E-state index in [1.165, 1.54) is 0 Å². The molecule has 0 bridgehead atoms. The maximum Gasteiger partial charge on any atom is 0.212 e. The minimum atomic E-state index is 0.455. The Kier molecular flexibility index (Phi) is 2.62. The van der Waals surface area contributed by atoms with Gasteiger partial charge in [-0.25, -0.2) is 0 Å². The van der Waals surface area contributed by atoms with Crippen LogP contribution in [0.1, 0.15) is 0 Å². The van der Waals surface area contributed by atoms with E-state index >= 15 is 0 Å². The van der Waals surface area contributed by atoms with Crippen LogP contribution in [0.15, 0.2) is 34.8 Å². The average Bonchev–Trinajstić information content (AvgIpc) is 2.82. The molecule has 86 valence electrons. The van der Waals surface area contributed by atoms with Crippen LogP contribution in [0.5, 0.6) is 0 Å². The Labute approximate surface area is 102 Å². The Hall–Kier alpha value is -1.73. The molecule has 0 aliphatic carbocycles. The van der Waals surface area contributed by atoms with Crippen LogP contribution >= 0.6 is 11.8 Å². The van der Waals surface area contributed by atoms with Gasteiger partial charge in [0.15, 0.2) is 5.82 Å². The van der Waals surface area contributed by atoms with Crippen LogP contribution in [0, 0.1) is 0 Å². The third kappa shape index (κ3) is 1.83. The van der Waals surface area contributed by atoms with Crippen molar-refractivity contribution in [2.45, 2.75) is 5.16 Å². The lowest BCUT2D eigenvalue weighted by molar-refractivity contribution is 0.758. The number of fused-ring (bicyclic) bond motifs is 1. The molecule has 0 fully saturated rings. The number of nitrogens with two attached hydrogens (primary N) is 1. The van der Waals surface area contributed by atoms with Gasteiger partial charge in [0, 0.05) is 30.3 Å². The zero-order valence-electron chi connectivity index (χ0n) is 8.95. The lowest BCUT2D eigenvalue weighted by Gasteiger charge is -2.11. The Morgan fingerprint density at radius 2 is 2.35 bits per heavy atom. The number of aromatic nitrogens is 4. The minimum Gasteiger partial charge on any atom is -0.325 e. The number of hydrogen-bond donors (Lipinski definition) is 1. The van der Waals surface area contributed by atoms with E-state index in [0.29, 0.717) is 12.4 Å². The van der Waals surface area contributed by atoms with Gasteiger partial charge in [-0.15, -0.1) is 10.2 Å². The lowest BCUT2D eigenvalue weighted by Crippen LogP contribution is -2.21. The van der Waals surface area contributed by atoms with Crippen molar-refractivity contribution in [3.05, 3.63) is 24.5 Å². The highest BCUT2D eigenvalue weighted by atomic mass is 32.2. The molecule has 0 unspecified atom stereocenters. The third-order valence-corrected chi connectivity index (χ3v) is 3.37. The maximum atomic E-state index is 5.61. The van der Waals surface area contributed by atoms with Gasteiger partial charge < -0.3 is 5.73 Å². The Morgan fingerprint density at radius 1 is 1.41 bits per heavy atom. The van der Waals surface area contributed by atoms with E-state index in [0.717, 1.165) is 22.2 Å². The molecular formula is C10H10N6S. The van der Waals surface area contributed by atoms with E-state index in [-0.39, 0.29) is 0 Å². The second-order valence-corrected chi connectivity index (χ2v) is 4.46. The number of nitrogens with zero attached hydrogens (tertiary/aromatic N) is 5. The summed E-state index contributed by atoms with van der Waals surface area (Å²) in [6.07, 6.45) is 3.47. The third-order valence-electron chi connectivity index (χ3n) is 2.38. The minimum absolute atomic E-state index is 0.455. The molecule has 17 heavy (non-hydrogen) atoms. The fraction of sp³-hybridized carbons (Fsp3) is 0.200. The second kappa shape index (κ2) is 4.27. The standard InChI is InChI=1S/C10H10N6S/c11-4-8-6-17-10-14-13-9(16(10)15-8)7-2-1-3-12-5-7/h1-3,5H,4,6,11H2. The Bertz CT molecular complexity index is 561. The van der Waals surface area contributed by atoms with Crippen molar-refractivity contribution in [2.24, 2.45) is 10.8 Å². The summed E-state index contributed by atoms with van der Waals surface area (Å²) in [5.41, 5.74) is 7.44. The molecule has 2 N–H and O–H groups in total. The highest BCUT2D eigenvalue weighted by Gasteiger charge is 2.18. The van der Waals surface area contributed by atoms with E-state index in [1.54, 1.807) is 28.8 Å². The fourth-order valence-electron chi connectivity index (χ4n) is 1.54. The Balaban J connectivity index is 2.10. The van der Waals surface area contributed by atoms with Gasteiger partial charge in [0.05, 0.1) is 5.71 Å². The molecule has 1 aliphatic rings. The van der Waals surface area contributed by atoms with Crippen LogP contribution in [-0.2, 0) is 0 Å². The quantitative estimate of drug-likeness (QED) is 0.839. The van der Waals surface area contributed by atoms with Crippen molar-refractivity contribution in [3.8, 4) is 11.4 Å². The molecule has 1 aliphatic heterocycles. The summed E-state index contributed by atoms with van der Waals surface area (Å²) in [5, 5.41) is 13.5. The lowest BCUT2D eigenvalue weighted by atomic mass is 10.3. The first kappa shape index (κ1) is 10.4. The molecule has 0 saturated heterocycles. The van der Waals surface area contributed by atoms with Crippen LogP contribution in [0.2, 0.25) is 0 Å². The van der Waals surface area contributed by atoms with Gasteiger partial charge in [0.25, 0.3) is 0 Å². The first-order chi connectivity index (χ1) is 8.38. The van der Waals surface area contributed by atoms with Gasteiger partial charge in [0.2, 0.25) is 5.16 Å². The van der Waals surface area contributed by atoms with Crippen LogP contribution in [0.25, 0.3) is 11.4 Å². The van der Waals surface area contributed by atoms with Gasteiger partial charge in [-0.1, -0.05) is 11.8 Å². The summed E-state index contributed by atoms with van der Waals surface area (Å²) >= 11 is 1.60. The zero-order valence-corrected chi connectivity index (χ0v) is 9.76. The normalized spacial score (nSPS) is 14.3. The van der Waals surface area contributed by atoms with Gasteiger partial charge in [0.1, 0.15) is 0 Å². The summed E-state index contributed by atoms with van der Waals surface area (Å²) in [6.45, 7) is 0.455. The summed E-state index contributed by atoms with van der Waals surface area (Å²) in [4.78, 5) is 4.07. The van der Waals surface area contributed by atoms with Crippen molar-refractivity contribution in [1.29, 1.82) is 0 Å². The molecular weight excluding hydrogens is 236 g/mol. The van der Waals surface area contributed by atoms with Crippen molar-refractivity contribution in [3.63, 3.8) is 0 Å². The number of hydrogen-bond acceptors (Lipinski definition) is 6. The number of pyridine rings is 1. The monoisotopic (exact) mass is 246 g/mol. The second-order valence-electron chi connectivity index (χ2n) is 3.52. The van der Waals surface area contributed by atoms with Gasteiger partial charge in [-0.3, -0.25) is 4.98 Å². The van der Waals surface area contributed by atoms with Crippen molar-refractivity contribution in [2.75, 3.05) is 12.3 Å². The SMILES string of the molecule is NCC1=Nn2c(nnc2-c2cccnc2)SC1. The van der Waals surface area contributed by atoms with Gasteiger partial charge >= 0.3 is 0 Å². The highest BCUT2D eigenvalue weighted by Crippen LogP contribution is 2.26. The van der Waals surface area contributed by atoms with E-state index in [9.17, 15) is 0 Å². The molecule has 2 aromatic heterocycles. The molecule has 2 aromatic rings. The molecule has 0 radical (unpaired) electrons. The van der Waals surface area contributed by atoms with E-state index in [2.05, 4.69) is 20.3 Å². The van der Waals surface area contributed by atoms with Crippen LogP contribution in [0.4, 0.5) is 0 Å². The molecule has 6 nitrogen and oxygen atoms in total. The molecule has 3 rings (SSSR count). The molecule has 0 aromatic carbocycles. The molecule has 0 spiro atoms. The first-order valence-electron chi connectivity index (χ1n) is 5.14. The van der Waals surface area contributed by atoms with Crippen LogP contribution in [0.3, 0.4) is 0 Å². The zero-order chi connectivity index (χ0) is 11.7. The summed E-state index contributed by atoms with van der Waals surface area (Å²) in [6, 6.07) is 3.79. The Morgan fingerprint density at radius 3 is 3.12 bits per heavy atom. The summed E-state index contributed by atoms with van der Waals surface area (Å²) < 4.78 is 1.73. The van der Waals surface area contributed by atoms with Crippen molar-refractivity contribution < 1.29 is 0 Å². The highest BCUT2D eigenvalue weighted by molar-refractivity contribution is 7.99. The molecule has 0 atom stereocenters. The molecule has 7 heteroatoms. The van der Waals surface area contributed by atoms with Gasteiger partial charge in [-0.05, 0) is 12.1 Å². The average molecular weight is 246 g/mol. The number of rotatable bonds is 2. The topological polar surface area (TPSA) is 82.0 Å². The predicted molar refractivity (Wildman–Crippen MR) is 65.9 cm³/mol. The van der Waals surface area contributed by atoms with Gasteiger partial charge in [-0.2, -0.15) is 9.78 Å². The predicted octanol–water partition coefficient (Wildman–Crippen LogP) is 0.609. The maximum absolute atomic E-state index is 5.61. The van der Waals surface area contributed by atoms with E-state index in [1.807, 2.05) is 12.1 Å². The summed E-state index contributed by atoms with van der Waals surface area (Å²) in [7, 11) is 0. The first-order valence-corrected chi connectivity index (χ1v) is 6.12. The largest absolute Gasteiger partial charge is 0.325 e.